The number of nitrogens with zero attached hydrogens (tertiary/aromatic N) is 1. The van der Waals surface area contributed by atoms with E-state index >= 15 is 0 Å². The van der Waals surface area contributed by atoms with Gasteiger partial charge in [-0.2, -0.15) is 0 Å². The molecular formula is C17H21N3O4S. The molecule has 1 aliphatic rings. The standard InChI is InChI=1S/C17H21N3O4S/c1-10-15(25-17(18)19-10)16(22)20-13-6-7-23-9-14(13)24-12-4-2-11(8-21)3-5-12/h2-5,13-14,21H,6-9H2,1H3,(H2,18,19)(H,20,22)/t13-,14-/m1/s1. The SMILES string of the molecule is Cc1nc(N)sc1C(=O)N[C@@H]1CCOC[C@H]1Oc1ccc(CO)cc1. The maximum Gasteiger partial charge on any atom is 0.263 e. The molecule has 1 aliphatic heterocycles. The lowest BCUT2D eigenvalue weighted by molar-refractivity contribution is -0.0134. The van der Waals surface area contributed by atoms with Gasteiger partial charge in [-0.05, 0) is 31.0 Å². The number of carbonyl (C=O) groups is 1. The number of rotatable bonds is 5. The largest absolute Gasteiger partial charge is 0.486 e. The summed E-state index contributed by atoms with van der Waals surface area (Å²) in [5, 5.41) is 12.5. The second kappa shape index (κ2) is 7.81. The number of benzene rings is 1. The summed E-state index contributed by atoms with van der Waals surface area (Å²) < 4.78 is 11.5. The zero-order valence-corrected chi connectivity index (χ0v) is 14.7. The van der Waals surface area contributed by atoms with Crippen LogP contribution in [0.3, 0.4) is 0 Å². The summed E-state index contributed by atoms with van der Waals surface area (Å²) in [4.78, 5) is 17.1. The first-order valence-electron chi connectivity index (χ1n) is 8.05. The normalized spacial score (nSPS) is 20.2. The van der Waals surface area contributed by atoms with Crippen LogP contribution in [0.5, 0.6) is 5.75 Å². The molecule has 0 bridgehead atoms. The number of thiazole rings is 1. The molecule has 25 heavy (non-hydrogen) atoms. The number of amides is 1. The molecule has 134 valence electrons. The van der Waals surface area contributed by atoms with E-state index in [1.807, 2.05) is 0 Å². The summed E-state index contributed by atoms with van der Waals surface area (Å²) in [6.07, 6.45) is 0.376. The van der Waals surface area contributed by atoms with Crippen LogP contribution in [-0.4, -0.2) is 41.4 Å². The predicted molar refractivity (Wildman–Crippen MR) is 94.7 cm³/mol. The van der Waals surface area contributed by atoms with Gasteiger partial charge in [0.05, 0.1) is 24.9 Å². The molecule has 0 radical (unpaired) electrons. The Balaban J connectivity index is 1.67. The molecular weight excluding hydrogens is 342 g/mol. The number of aryl methyl sites for hydroxylation is 1. The number of anilines is 1. The highest BCUT2D eigenvalue weighted by atomic mass is 32.1. The Labute approximate surface area is 149 Å². The molecule has 1 aromatic carbocycles. The van der Waals surface area contributed by atoms with E-state index < -0.39 is 0 Å². The summed E-state index contributed by atoms with van der Waals surface area (Å²) >= 11 is 1.18. The zero-order valence-electron chi connectivity index (χ0n) is 13.9. The Morgan fingerprint density at radius 1 is 1.48 bits per heavy atom. The third-order valence-electron chi connectivity index (χ3n) is 4.03. The number of carbonyl (C=O) groups excluding carboxylic acids is 1. The van der Waals surface area contributed by atoms with Gasteiger partial charge in [0.25, 0.3) is 5.91 Å². The number of aliphatic hydroxyl groups excluding tert-OH is 1. The van der Waals surface area contributed by atoms with Crippen molar-refractivity contribution in [1.82, 2.24) is 10.3 Å². The van der Waals surface area contributed by atoms with E-state index in [1.165, 1.54) is 11.3 Å². The van der Waals surface area contributed by atoms with E-state index in [9.17, 15) is 4.79 Å². The molecule has 2 heterocycles. The molecule has 1 fully saturated rings. The van der Waals surface area contributed by atoms with Crippen LogP contribution in [-0.2, 0) is 11.3 Å². The molecule has 0 unspecified atom stereocenters. The van der Waals surface area contributed by atoms with Gasteiger partial charge in [-0.25, -0.2) is 4.98 Å². The molecule has 0 saturated carbocycles. The minimum Gasteiger partial charge on any atom is -0.486 e. The van der Waals surface area contributed by atoms with Gasteiger partial charge in [-0.1, -0.05) is 23.5 Å². The Bertz CT molecular complexity index is 732. The molecule has 8 heteroatoms. The fourth-order valence-corrected chi connectivity index (χ4v) is 3.44. The number of ether oxygens (including phenoxy) is 2. The first kappa shape index (κ1) is 17.7. The Kier molecular flexibility index (Phi) is 5.52. The number of nitrogens with two attached hydrogens (primary N) is 1. The van der Waals surface area contributed by atoms with Crippen molar-refractivity contribution >= 4 is 22.4 Å². The van der Waals surface area contributed by atoms with Crippen LogP contribution in [0.15, 0.2) is 24.3 Å². The number of aromatic nitrogens is 1. The summed E-state index contributed by atoms with van der Waals surface area (Å²) in [5.41, 5.74) is 7.11. The maximum absolute atomic E-state index is 12.5. The summed E-state index contributed by atoms with van der Waals surface area (Å²) in [5.74, 6) is 0.480. The lowest BCUT2D eigenvalue weighted by atomic mass is 10.1. The van der Waals surface area contributed by atoms with Gasteiger partial charge in [0, 0.05) is 6.61 Å². The van der Waals surface area contributed by atoms with Crippen molar-refractivity contribution in [3.63, 3.8) is 0 Å². The average molecular weight is 363 g/mol. The summed E-state index contributed by atoms with van der Waals surface area (Å²) in [7, 11) is 0. The predicted octanol–water partition coefficient (Wildman–Crippen LogP) is 1.49. The second-order valence-electron chi connectivity index (χ2n) is 5.87. The van der Waals surface area contributed by atoms with Crippen molar-refractivity contribution in [2.75, 3.05) is 18.9 Å². The van der Waals surface area contributed by atoms with Crippen LogP contribution in [0.1, 0.15) is 27.3 Å². The first-order valence-corrected chi connectivity index (χ1v) is 8.86. The van der Waals surface area contributed by atoms with E-state index in [1.54, 1.807) is 31.2 Å². The minimum absolute atomic E-state index is 0.0111. The van der Waals surface area contributed by atoms with E-state index in [2.05, 4.69) is 10.3 Å². The van der Waals surface area contributed by atoms with Gasteiger partial charge in [-0.3, -0.25) is 4.79 Å². The van der Waals surface area contributed by atoms with E-state index in [4.69, 9.17) is 20.3 Å². The summed E-state index contributed by atoms with van der Waals surface area (Å²) in [6.45, 7) is 2.72. The summed E-state index contributed by atoms with van der Waals surface area (Å²) in [6, 6.07) is 7.04. The van der Waals surface area contributed by atoms with Crippen LogP contribution < -0.4 is 15.8 Å². The molecule has 3 rings (SSSR count). The smallest absolute Gasteiger partial charge is 0.263 e. The van der Waals surface area contributed by atoms with Crippen LogP contribution in [0.2, 0.25) is 0 Å². The first-order chi connectivity index (χ1) is 12.1. The van der Waals surface area contributed by atoms with Crippen molar-refractivity contribution in [3.8, 4) is 5.75 Å². The highest BCUT2D eigenvalue weighted by Gasteiger charge is 2.30. The third-order valence-corrected chi connectivity index (χ3v) is 5.02. The van der Waals surface area contributed by atoms with Crippen LogP contribution in [0.4, 0.5) is 5.13 Å². The number of hydrogen-bond acceptors (Lipinski definition) is 7. The van der Waals surface area contributed by atoms with Crippen LogP contribution in [0.25, 0.3) is 0 Å². The molecule has 2 atom stereocenters. The van der Waals surface area contributed by atoms with E-state index in [-0.39, 0.29) is 24.7 Å². The van der Waals surface area contributed by atoms with Crippen molar-refractivity contribution in [3.05, 3.63) is 40.4 Å². The number of nitrogen functional groups attached to an aromatic ring is 1. The van der Waals surface area contributed by atoms with Crippen LogP contribution >= 0.6 is 11.3 Å². The van der Waals surface area contributed by atoms with Gasteiger partial charge in [-0.15, -0.1) is 0 Å². The van der Waals surface area contributed by atoms with Gasteiger partial charge in [0.15, 0.2) is 5.13 Å². The van der Waals surface area contributed by atoms with Crippen molar-refractivity contribution < 1.29 is 19.4 Å². The topological polar surface area (TPSA) is 107 Å². The number of nitrogens with one attached hydrogen (secondary N) is 1. The Hall–Kier alpha value is -2.16. The van der Waals surface area contributed by atoms with Gasteiger partial charge < -0.3 is 25.6 Å². The average Bonchev–Trinajstić information content (AvgIpc) is 2.96. The van der Waals surface area contributed by atoms with E-state index in [0.717, 1.165) is 5.56 Å². The van der Waals surface area contributed by atoms with Crippen molar-refractivity contribution in [1.29, 1.82) is 0 Å². The molecule has 4 N–H and O–H groups in total. The minimum atomic E-state index is -0.289. The second-order valence-corrected chi connectivity index (χ2v) is 6.90. The van der Waals surface area contributed by atoms with Gasteiger partial charge >= 0.3 is 0 Å². The quantitative estimate of drug-likeness (QED) is 0.743. The highest BCUT2D eigenvalue weighted by molar-refractivity contribution is 7.17. The molecule has 0 aliphatic carbocycles. The molecule has 2 aromatic rings. The number of aliphatic hydroxyl groups is 1. The van der Waals surface area contributed by atoms with E-state index in [0.29, 0.717) is 41.1 Å². The fraction of sp³-hybridized carbons (Fsp3) is 0.412. The Morgan fingerprint density at radius 3 is 2.88 bits per heavy atom. The van der Waals surface area contributed by atoms with Crippen molar-refractivity contribution in [2.24, 2.45) is 0 Å². The van der Waals surface area contributed by atoms with Gasteiger partial charge in [0.1, 0.15) is 16.7 Å². The highest BCUT2D eigenvalue weighted by Crippen LogP contribution is 2.22. The molecule has 1 amide bonds. The third kappa shape index (κ3) is 4.28. The monoisotopic (exact) mass is 363 g/mol. The van der Waals surface area contributed by atoms with Gasteiger partial charge in [0.2, 0.25) is 0 Å². The van der Waals surface area contributed by atoms with Crippen LogP contribution in [0, 0.1) is 6.92 Å². The molecule has 7 nitrogen and oxygen atoms in total. The number of hydrogen-bond donors (Lipinski definition) is 3. The molecule has 1 saturated heterocycles. The lowest BCUT2D eigenvalue weighted by Gasteiger charge is -2.32. The molecule has 1 aromatic heterocycles. The zero-order chi connectivity index (χ0) is 17.8. The lowest BCUT2D eigenvalue weighted by Crippen LogP contribution is -2.51. The van der Waals surface area contributed by atoms with Crippen molar-refractivity contribution in [2.45, 2.75) is 32.1 Å². The Morgan fingerprint density at radius 2 is 2.24 bits per heavy atom. The fourth-order valence-electron chi connectivity index (χ4n) is 2.70. The molecule has 0 spiro atoms. The maximum atomic E-state index is 12.5.